The van der Waals surface area contributed by atoms with Gasteiger partial charge in [0, 0.05) is 40.2 Å². The van der Waals surface area contributed by atoms with Gasteiger partial charge < -0.3 is 14.5 Å². The Bertz CT molecular complexity index is 1420. The van der Waals surface area contributed by atoms with Gasteiger partial charge in [0.05, 0.1) is 23.3 Å². The molecule has 0 amide bonds. The van der Waals surface area contributed by atoms with Gasteiger partial charge in [-0.25, -0.2) is 0 Å². The van der Waals surface area contributed by atoms with Gasteiger partial charge in [0.1, 0.15) is 6.10 Å². The highest BCUT2D eigenvalue weighted by Crippen LogP contribution is 2.47. The fourth-order valence-corrected chi connectivity index (χ4v) is 6.27. The van der Waals surface area contributed by atoms with E-state index >= 15 is 0 Å². The molecule has 1 saturated carbocycles. The van der Waals surface area contributed by atoms with Crippen LogP contribution in [0.4, 0.5) is 0 Å². The van der Waals surface area contributed by atoms with Crippen LogP contribution in [0.5, 0.6) is 11.5 Å². The van der Waals surface area contributed by atoms with E-state index in [-0.39, 0.29) is 18.0 Å². The highest BCUT2D eigenvalue weighted by atomic mass is 16.5. The third-order valence-corrected chi connectivity index (χ3v) is 8.44. The van der Waals surface area contributed by atoms with Crippen LogP contribution in [0.2, 0.25) is 0 Å². The average molecular weight is 498 g/mol. The van der Waals surface area contributed by atoms with Crippen LogP contribution in [0.1, 0.15) is 92.5 Å². The number of ketones is 1. The van der Waals surface area contributed by atoms with E-state index in [0.29, 0.717) is 28.5 Å². The minimum absolute atomic E-state index is 0.0192. The zero-order chi connectivity index (χ0) is 25.9. The number of piperidine rings is 1. The molecule has 37 heavy (non-hydrogen) atoms. The lowest BCUT2D eigenvalue weighted by atomic mass is 9.71. The van der Waals surface area contributed by atoms with Crippen molar-refractivity contribution in [3.8, 4) is 17.6 Å². The molecule has 1 aliphatic heterocycles. The van der Waals surface area contributed by atoms with E-state index in [9.17, 15) is 10.1 Å². The van der Waals surface area contributed by atoms with Crippen molar-refractivity contribution in [3.05, 3.63) is 58.3 Å². The molecule has 0 radical (unpaired) electrons. The van der Waals surface area contributed by atoms with Crippen molar-refractivity contribution in [1.29, 1.82) is 5.26 Å². The van der Waals surface area contributed by atoms with E-state index in [4.69, 9.17) is 9.47 Å². The fraction of sp³-hybridized carbons (Fsp3) is 0.484. The second kappa shape index (κ2) is 8.92. The third-order valence-electron chi connectivity index (χ3n) is 8.44. The van der Waals surface area contributed by atoms with E-state index in [1.165, 1.54) is 19.3 Å². The van der Waals surface area contributed by atoms with Crippen molar-refractivity contribution in [2.75, 3.05) is 13.1 Å². The number of carbonyl (C=O) groups is 1. The first kappa shape index (κ1) is 24.1. The number of nitrogens with one attached hydrogen (secondary N) is 1. The number of hydrogen-bond donors (Lipinski definition) is 1. The lowest BCUT2D eigenvalue weighted by molar-refractivity contribution is 0.0339. The van der Waals surface area contributed by atoms with Gasteiger partial charge in [0.25, 0.3) is 0 Å². The first-order chi connectivity index (χ1) is 17.8. The molecule has 1 unspecified atom stereocenters. The normalized spacial score (nSPS) is 21.3. The Kier molecular flexibility index (Phi) is 5.80. The molecule has 1 atom stereocenters. The number of nitriles is 1. The Morgan fingerprint density at radius 1 is 1.11 bits per heavy atom. The molecule has 1 saturated heterocycles. The third kappa shape index (κ3) is 4.01. The Labute approximate surface area is 218 Å². The van der Waals surface area contributed by atoms with Crippen LogP contribution < -0.4 is 9.47 Å². The highest BCUT2D eigenvalue weighted by Gasteiger charge is 2.41. The largest absolute Gasteiger partial charge is 0.487 e. The molecule has 6 rings (SSSR count). The first-order valence-electron chi connectivity index (χ1n) is 13.6. The van der Waals surface area contributed by atoms with Gasteiger partial charge in [-0.15, -0.1) is 0 Å². The van der Waals surface area contributed by atoms with Gasteiger partial charge in [-0.2, -0.15) is 5.26 Å². The number of hydrogen-bond acceptors (Lipinski definition) is 5. The van der Waals surface area contributed by atoms with Gasteiger partial charge in [-0.3, -0.25) is 9.69 Å². The summed E-state index contributed by atoms with van der Waals surface area (Å²) in [5.74, 6) is 1.34. The smallest absolute Gasteiger partial charge is 0.195 e. The quantitative estimate of drug-likeness (QED) is 0.461. The number of aromatic amines is 1. The van der Waals surface area contributed by atoms with Gasteiger partial charge in [0.2, 0.25) is 0 Å². The summed E-state index contributed by atoms with van der Waals surface area (Å²) in [6.07, 6.45) is 6.16. The second-order valence-corrected chi connectivity index (χ2v) is 11.7. The Morgan fingerprint density at radius 2 is 1.92 bits per heavy atom. The minimum atomic E-state index is -0.455. The maximum Gasteiger partial charge on any atom is 0.195 e. The van der Waals surface area contributed by atoms with Crippen LogP contribution in [-0.2, 0) is 5.41 Å². The molecule has 3 aliphatic rings. The predicted molar refractivity (Wildman–Crippen MR) is 144 cm³/mol. The lowest BCUT2D eigenvalue weighted by Crippen LogP contribution is -2.49. The maximum absolute atomic E-state index is 13.9. The number of nitrogens with zero attached hydrogens (tertiary/aromatic N) is 2. The Balaban J connectivity index is 1.41. The molecule has 1 N–H and O–H groups in total. The Morgan fingerprint density at radius 3 is 2.62 bits per heavy atom. The lowest BCUT2D eigenvalue weighted by Gasteiger charge is -2.42. The molecule has 0 bridgehead atoms. The fourth-order valence-electron chi connectivity index (χ4n) is 6.27. The number of aromatic nitrogens is 1. The van der Waals surface area contributed by atoms with Gasteiger partial charge in [0.15, 0.2) is 17.3 Å². The molecule has 192 valence electrons. The van der Waals surface area contributed by atoms with Crippen molar-refractivity contribution < 1.29 is 14.3 Å². The molecule has 0 spiro atoms. The zero-order valence-electron chi connectivity index (χ0n) is 22.2. The van der Waals surface area contributed by atoms with Crippen molar-refractivity contribution in [2.45, 2.75) is 83.5 Å². The van der Waals surface area contributed by atoms with Crippen molar-refractivity contribution in [2.24, 2.45) is 0 Å². The molecule has 2 aromatic carbocycles. The molecular weight excluding hydrogens is 462 g/mol. The predicted octanol–water partition coefficient (Wildman–Crippen LogP) is 6.09. The molecule has 3 aromatic rings. The summed E-state index contributed by atoms with van der Waals surface area (Å²) >= 11 is 0. The zero-order valence-corrected chi connectivity index (χ0v) is 22.2. The van der Waals surface area contributed by atoms with Crippen molar-refractivity contribution >= 4 is 16.7 Å². The number of ether oxygens (including phenoxy) is 2. The summed E-state index contributed by atoms with van der Waals surface area (Å²) in [5.41, 5.74) is 4.09. The summed E-state index contributed by atoms with van der Waals surface area (Å²) in [4.78, 5) is 20.0. The van der Waals surface area contributed by atoms with Crippen LogP contribution in [0.3, 0.4) is 0 Å². The Hall–Kier alpha value is -3.30. The molecule has 2 aliphatic carbocycles. The average Bonchev–Trinajstić information content (AvgIpc) is 3.22. The van der Waals surface area contributed by atoms with Crippen LogP contribution in [0.25, 0.3) is 10.9 Å². The number of carbonyl (C=O) groups excluding carboxylic acids is 1. The van der Waals surface area contributed by atoms with Crippen molar-refractivity contribution in [3.63, 3.8) is 0 Å². The molecule has 6 nitrogen and oxygen atoms in total. The minimum Gasteiger partial charge on any atom is -0.487 e. The number of likely N-dealkylation sites (tertiary alicyclic amines) is 1. The maximum atomic E-state index is 13.9. The topological polar surface area (TPSA) is 78.3 Å². The van der Waals surface area contributed by atoms with Gasteiger partial charge in [-0.1, -0.05) is 26.3 Å². The number of fused-ring (bicyclic) bond motifs is 4. The molecular formula is C31H35N3O3. The number of H-pyrrole nitrogens is 1. The summed E-state index contributed by atoms with van der Waals surface area (Å²) in [5, 5.41) is 10.2. The first-order valence-corrected chi connectivity index (χ1v) is 13.6. The SMILES string of the molecule is CC(C)Oc1cc2c(cc1OC1CCCN(C3CCC3)C1)C(C)(C)c1[nH]c3cc(C#N)ccc3c1C2=O. The summed E-state index contributed by atoms with van der Waals surface area (Å²) in [7, 11) is 0. The molecule has 2 fully saturated rings. The van der Waals surface area contributed by atoms with Crippen LogP contribution in [0, 0.1) is 11.3 Å². The molecule has 6 heteroatoms. The van der Waals surface area contributed by atoms with E-state index in [2.05, 4.69) is 29.8 Å². The number of benzene rings is 2. The van der Waals surface area contributed by atoms with E-state index in [1.807, 2.05) is 38.1 Å². The van der Waals surface area contributed by atoms with Crippen LogP contribution in [-0.4, -0.2) is 47.0 Å². The van der Waals surface area contributed by atoms with E-state index in [0.717, 1.165) is 53.8 Å². The van der Waals surface area contributed by atoms with Crippen molar-refractivity contribution in [1.82, 2.24) is 9.88 Å². The summed E-state index contributed by atoms with van der Waals surface area (Å²) in [6.45, 7) is 10.4. The molecule has 1 aromatic heterocycles. The summed E-state index contributed by atoms with van der Waals surface area (Å²) < 4.78 is 12.9. The van der Waals surface area contributed by atoms with E-state index < -0.39 is 5.41 Å². The summed E-state index contributed by atoms with van der Waals surface area (Å²) in [6, 6.07) is 12.3. The molecule has 2 heterocycles. The number of rotatable bonds is 5. The van der Waals surface area contributed by atoms with Gasteiger partial charge in [-0.05, 0) is 75.9 Å². The van der Waals surface area contributed by atoms with E-state index in [1.54, 1.807) is 6.07 Å². The standard InChI is InChI=1S/C31H35N3O3/c1-18(2)36-26-14-23-24(15-27(26)37-21-9-6-12-34(17-21)20-7-5-8-20)31(3,4)30-28(29(23)35)22-11-10-19(16-32)13-25(22)33-30/h10-11,13-15,18,20-21,33H,5-9,12,17H2,1-4H3. The highest BCUT2D eigenvalue weighted by molar-refractivity contribution is 6.20. The second-order valence-electron chi connectivity index (χ2n) is 11.7. The van der Waals surface area contributed by atoms with Crippen LogP contribution in [0.15, 0.2) is 30.3 Å². The monoisotopic (exact) mass is 497 g/mol. The van der Waals surface area contributed by atoms with Gasteiger partial charge >= 0.3 is 0 Å². The van der Waals surface area contributed by atoms with Crippen LogP contribution >= 0.6 is 0 Å².